The molecule has 1 unspecified atom stereocenters. The van der Waals surface area contributed by atoms with E-state index in [2.05, 4.69) is 18.7 Å². The van der Waals surface area contributed by atoms with Crippen molar-refractivity contribution in [1.29, 1.82) is 0 Å². The maximum absolute atomic E-state index is 2.79. The van der Waals surface area contributed by atoms with Gasteiger partial charge in [0, 0.05) is 12.1 Å². The summed E-state index contributed by atoms with van der Waals surface area (Å²) in [5, 5.41) is 0. The molecule has 1 aliphatic heterocycles. The normalized spacial score (nSPS) is 31.0. The van der Waals surface area contributed by atoms with Crippen LogP contribution in [0.25, 0.3) is 0 Å². The van der Waals surface area contributed by atoms with Crippen LogP contribution in [-0.2, 0) is 0 Å². The van der Waals surface area contributed by atoms with Gasteiger partial charge in [0.25, 0.3) is 0 Å². The second-order valence-electron chi connectivity index (χ2n) is 5.79. The summed E-state index contributed by atoms with van der Waals surface area (Å²) in [6.45, 7) is 6.11. The van der Waals surface area contributed by atoms with Crippen molar-refractivity contribution >= 4 is 0 Å². The summed E-state index contributed by atoms with van der Waals surface area (Å²) in [5.74, 6) is 1.03. The van der Waals surface area contributed by atoms with Gasteiger partial charge in [0.2, 0.25) is 0 Å². The SMILES string of the molecule is CC(C)N1CCCCC1C1CCCCC1. The van der Waals surface area contributed by atoms with Crippen LogP contribution >= 0.6 is 0 Å². The van der Waals surface area contributed by atoms with Crippen molar-refractivity contribution in [3.8, 4) is 0 Å². The Morgan fingerprint density at radius 1 is 0.867 bits per heavy atom. The highest BCUT2D eigenvalue weighted by atomic mass is 15.2. The van der Waals surface area contributed by atoms with Gasteiger partial charge in [-0.1, -0.05) is 25.7 Å². The molecule has 0 aromatic heterocycles. The number of piperidine rings is 1. The van der Waals surface area contributed by atoms with Crippen molar-refractivity contribution in [2.45, 2.75) is 77.3 Å². The lowest BCUT2D eigenvalue weighted by molar-refractivity contribution is 0.0555. The molecule has 0 amide bonds. The summed E-state index contributed by atoms with van der Waals surface area (Å²) in [6.07, 6.45) is 11.9. The van der Waals surface area contributed by atoms with E-state index in [4.69, 9.17) is 0 Å². The Labute approximate surface area is 95.2 Å². The van der Waals surface area contributed by atoms with Gasteiger partial charge >= 0.3 is 0 Å². The third kappa shape index (κ3) is 2.75. The minimum Gasteiger partial charge on any atom is -0.298 e. The van der Waals surface area contributed by atoms with Crippen LogP contribution in [0.3, 0.4) is 0 Å². The van der Waals surface area contributed by atoms with Gasteiger partial charge in [-0.3, -0.25) is 4.90 Å². The van der Waals surface area contributed by atoms with E-state index in [1.165, 1.54) is 57.9 Å². The van der Waals surface area contributed by atoms with Gasteiger partial charge in [-0.05, 0) is 52.0 Å². The average molecular weight is 209 g/mol. The summed E-state index contributed by atoms with van der Waals surface area (Å²) in [4.78, 5) is 2.79. The van der Waals surface area contributed by atoms with Gasteiger partial charge in [-0.15, -0.1) is 0 Å². The molecule has 0 bridgehead atoms. The molecule has 0 radical (unpaired) electrons. The van der Waals surface area contributed by atoms with Gasteiger partial charge in [0.05, 0.1) is 0 Å². The molecule has 0 aromatic carbocycles. The highest BCUT2D eigenvalue weighted by Gasteiger charge is 2.31. The van der Waals surface area contributed by atoms with E-state index in [9.17, 15) is 0 Å². The zero-order valence-corrected chi connectivity index (χ0v) is 10.5. The summed E-state index contributed by atoms with van der Waals surface area (Å²) >= 11 is 0. The van der Waals surface area contributed by atoms with Crippen molar-refractivity contribution in [2.75, 3.05) is 6.54 Å². The fraction of sp³-hybridized carbons (Fsp3) is 1.00. The first kappa shape index (κ1) is 11.4. The third-order valence-corrected chi connectivity index (χ3v) is 4.45. The minimum atomic E-state index is 0.761. The standard InChI is InChI=1S/C14H27N/c1-12(2)15-11-7-6-10-14(15)13-8-4-3-5-9-13/h12-14H,3-11H2,1-2H3. The zero-order chi connectivity index (χ0) is 10.7. The van der Waals surface area contributed by atoms with Crippen molar-refractivity contribution in [3.05, 3.63) is 0 Å². The highest BCUT2D eigenvalue weighted by molar-refractivity contribution is 4.86. The summed E-state index contributed by atoms with van der Waals surface area (Å²) in [6, 6.07) is 1.69. The first-order valence-electron chi connectivity index (χ1n) is 7.05. The molecule has 0 N–H and O–H groups in total. The van der Waals surface area contributed by atoms with Crippen LogP contribution < -0.4 is 0 Å². The first-order valence-corrected chi connectivity index (χ1v) is 7.05. The number of nitrogens with zero attached hydrogens (tertiary/aromatic N) is 1. The predicted molar refractivity (Wildman–Crippen MR) is 66.1 cm³/mol. The topological polar surface area (TPSA) is 3.24 Å². The van der Waals surface area contributed by atoms with Crippen LogP contribution in [0.1, 0.15) is 65.2 Å². The fourth-order valence-corrected chi connectivity index (χ4v) is 3.65. The third-order valence-electron chi connectivity index (χ3n) is 4.45. The lowest BCUT2D eigenvalue weighted by atomic mass is 9.79. The number of hydrogen-bond donors (Lipinski definition) is 0. The molecule has 2 fully saturated rings. The predicted octanol–water partition coefficient (Wildman–Crippen LogP) is 3.83. The summed E-state index contributed by atoms with van der Waals surface area (Å²) in [5.41, 5.74) is 0. The Morgan fingerprint density at radius 2 is 1.53 bits per heavy atom. The lowest BCUT2D eigenvalue weighted by Crippen LogP contribution is -2.48. The molecule has 1 heterocycles. The summed E-state index contributed by atoms with van der Waals surface area (Å²) < 4.78 is 0. The fourth-order valence-electron chi connectivity index (χ4n) is 3.65. The Kier molecular flexibility index (Phi) is 4.07. The first-order chi connectivity index (χ1) is 7.29. The molecule has 0 aromatic rings. The Morgan fingerprint density at radius 3 is 2.20 bits per heavy atom. The van der Waals surface area contributed by atoms with Crippen LogP contribution in [0.15, 0.2) is 0 Å². The lowest BCUT2D eigenvalue weighted by Gasteiger charge is -2.44. The maximum atomic E-state index is 2.79. The number of rotatable bonds is 2. The van der Waals surface area contributed by atoms with Crippen LogP contribution in [0, 0.1) is 5.92 Å². The second kappa shape index (κ2) is 5.34. The molecule has 0 spiro atoms. The molecule has 1 atom stereocenters. The molecule has 1 nitrogen and oxygen atoms in total. The van der Waals surface area contributed by atoms with Crippen LogP contribution in [0.2, 0.25) is 0 Å². The van der Waals surface area contributed by atoms with Gasteiger partial charge in [0.1, 0.15) is 0 Å². The molecule has 1 aliphatic carbocycles. The van der Waals surface area contributed by atoms with E-state index < -0.39 is 0 Å². The Balaban J connectivity index is 1.96. The Bertz CT molecular complexity index is 182. The van der Waals surface area contributed by atoms with E-state index in [1.807, 2.05) is 0 Å². The van der Waals surface area contributed by atoms with Crippen molar-refractivity contribution in [3.63, 3.8) is 0 Å². The Hall–Kier alpha value is -0.0400. The molecule has 2 rings (SSSR count). The molecule has 1 saturated heterocycles. The van der Waals surface area contributed by atoms with Gasteiger partial charge in [-0.25, -0.2) is 0 Å². The van der Waals surface area contributed by atoms with Crippen molar-refractivity contribution < 1.29 is 0 Å². The van der Waals surface area contributed by atoms with Crippen molar-refractivity contribution in [1.82, 2.24) is 4.90 Å². The quantitative estimate of drug-likeness (QED) is 0.668. The molecular formula is C14H27N. The number of likely N-dealkylation sites (tertiary alicyclic amines) is 1. The monoisotopic (exact) mass is 209 g/mol. The van der Waals surface area contributed by atoms with Crippen LogP contribution in [0.4, 0.5) is 0 Å². The van der Waals surface area contributed by atoms with Gasteiger partial charge in [0.15, 0.2) is 0 Å². The van der Waals surface area contributed by atoms with Gasteiger partial charge < -0.3 is 0 Å². The number of hydrogen-bond acceptors (Lipinski definition) is 1. The summed E-state index contributed by atoms with van der Waals surface area (Å²) in [7, 11) is 0. The molecule has 15 heavy (non-hydrogen) atoms. The molecule has 1 saturated carbocycles. The average Bonchev–Trinajstić information content (AvgIpc) is 2.30. The zero-order valence-electron chi connectivity index (χ0n) is 10.5. The van der Waals surface area contributed by atoms with E-state index in [0.29, 0.717) is 0 Å². The van der Waals surface area contributed by atoms with E-state index in [-0.39, 0.29) is 0 Å². The van der Waals surface area contributed by atoms with Crippen molar-refractivity contribution in [2.24, 2.45) is 5.92 Å². The second-order valence-corrected chi connectivity index (χ2v) is 5.79. The molecular weight excluding hydrogens is 182 g/mol. The maximum Gasteiger partial charge on any atom is 0.0126 e. The molecule has 88 valence electrons. The van der Waals surface area contributed by atoms with Crippen LogP contribution in [0.5, 0.6) is 0 Å². The largest absolute Gasteiger partial charge is 0.298 e. The van der Waals surface area contributed by atoms with E-state index in [1.54, 1.807) is 0 Å². The minimum absolute atomic E-state index is 0.761. The van der Waals surface area contributed by atoms with Crippen LogP contribution in [-0.4, -0.2) is 23.5 Å². The highest BCUT2D eigenvalue weighted by Crippen LogP contribution is 2.34. The van der Waals surface area contributed by atoms with E-state index >= 15 is 0 Å². The molecule has 1 heteroatoms. The molecule has 2 aliphatic rings. The van der Waals surface area contributed by atoms with E-state index in [0.717, 1.165) is 18.0 Å². The van der Waals surface area contributed by atoms with Gasteiger partial charge in [-0.2, -0.15) is 0 Å². The smallest absolute Gasteiger partial charge is 0.0126 e.